The van der Waals surface area contributed by atoms with E-state index in [1.807, 2.05) is 6.26 Å². The van der Waals surface area contributed by atoms with Crippen molar-refractivity contribution < 1.29 is 67.4 Å². The Morgan fingerprint density at radius 3 is 1.57 bits per heavy atom. The maximum atomic E-state index is 14.3. The standard InChI is InChI=1S/C49H87N15O14S/c1-25(2)38(62-47(76)39(26(3)4)61-44(73)30(14-9-11-20-51)57-37(69)24-55-42(71)32(18-22-79-7)56-28(6)66)46(75)60-33(23-36(53)68)49(78)64-21-12-15-34(64)45(74)63-40(27(5)65)48(77)59-31(16-17-35(52)67)43(72)58-29(41(54)70)13-8-10-19-50/h25-27,29-34,38-40,65H,8-24,50-51H2,1-7H3,(H2,52,67)(H2,53,68)(H2,54,70)(H,55,71)(H,56,66)(H,57,69)(H,58,72)(H,59,77)(H,60,75)(H,61,73)(H,62,76)(H,63,74)/t27-,29+,30+,31+,32+,33+,34+,38+,39+,40+/m1/s1. The molecule has 0 aromatic heterocycles. The lowest BCUT2D eigenvalue weighted by atomic mass is 9.98. The molecule has 0 aromatic carbocycles. The fourth-order valence-corrected chi connectivity index (χ4v) is 8.77. The van der Waals surface area contributed by atoms with Crippen molar-refractivity contribution in [3.05, 3.63) is 0 Å². The number of hydrogen-bond acceptors (Lipinski definition) is 17. The molecule has 448 valence electrons. The van der Waals surface area contributed by atoms with Crippen LogP contribution in [0.15, 0.2) is 0 Å². The van der Waals surface area contributed by atoms with Crippen molar-refractivity contribution in [1.29, 1.82) is 0 Å². The molecule has 1 fully saturated rings. The number of unbranched alkanes of at least 4 members (excludes halogenated alkanes) is 2. The van der Waals surface area contributed by atoms with Gasteiger partial charge in [-0.15, -0.1) is 0 Å². The van der Waals surface area contributed by atoms with Crippen molar-refractivity contribution in [2.75, 3.05) is 38.2 Å². The van der Waals surface area contributed by atoms with Gasteiger partial charge < -0.3 is 86.5 Å². The summed E-state index contributed by atoms with van der Waals surface area (Å²) in [6.07, 6.45) is 1.31. The third-order valence-corrected chi connectivity index (χ3v) is 13.3. The summed E-state index contributed by atoms with van der Waals surface area (Å²) in [6, 6.07) is -12.2. The molecule has 0 radical (unpaired) electrons. The number of hydrogen-bond donors (Lipinski definition) is 15. The molecule has 13 amide bonds. The van der Waals surface area contributed by atoms with E-state index in [2.05, 4.69) is 47.9 Å². The lowest BCUT2D eigenvalue weighted by molar-refractivity contribution is -0.144. The summed E-state index contributed by atoms with van der Waals surface area (Å²) in [4.78, 5) is 172. The van der Waals surface area contributed by atoms with E-state index in [9.17, 15) is 67.4 Å². The molecule has 1 rings (SSSR count). The monoisotopic (exact) mass is 1140 g/mol. The number of primary amides is 3. The Morgan fingerprint density at radius 2 is 1.06 bits per heavy atom. The topological polar surface area (TPSA) is 484 Å². The van der Waals surface area contributed by atoms with Crippen molar-refractivity contribution in [3.63, 3.8) is 0 Å². The van der Waals surface area contributed by atoms with Gasteiger partial charge in [-0.3, -0.25) is 62.3 Å². The third kappa shape index (κ3) is 25.8. The first-order valence-electron chi connectivity index (χ1n) is 26.5. The van der Waals surface area contributed by atoms with Crippen molar-refractivity contribution in [1.82, 2.24) is 52.8 Å². The van der Waals surface area contributed by atoms with Crippen molar-refractivity contribution in [3.8, 4) is 0 Å². The molecule has 0 saturated carbocycles. The molecule has 79 heavy (non-hydrogen) atoms. The summed E-state index contributed by atoms with van der Waals surface area (Å²) in [5, 5.41) is 33.2. The van der Waals surface area contributed by atoms with Crippen LogP contribution >= 0.6 is 11.8 Å². The molecule has 10 atom stereocenters. The van der Waals surface area contributed by atoms with Crippen molar-refractivity contribution in [2.45, 2.75) is 179 Å². The second-order valence-corrected chi connectivity index (χ2v) is 21.1. The van der Waals surface area contributed by atoms with Crippen LogP contribution in [0.1, 0.15) is 119 Å². The summed E-state index contributed by atoms with van der Waals surface area (Å²) in [7, 11) is 0. The molecule has 1 saturated heterocycles. The quantitative estimate of drug-likeness (QED) is 0.0256. The summed E-state index contributed by atoms with van der Waals surface area (Å²) >= 11 is 1.46. The Kier molecular flexibility index (Phi) is 32.5. The minimum atomic E-state index is -1.76. The first-order valence-corrected chi connectivity index (χ1v) is 27.9. The number of thioether (sulfide) groups is 1. The lowest BCUT2D eigenvalue weighted by Gasteiger charge is -2.32. The van der Waals surface area contributed by atoms with E-state index in [4.69, 9.17) is 28.7 Å². The predicted molar refractivity (Wildman–Crippen MR) is 290 cm³/mol. The van der Waals surface area contributed by atoms with Crippen molar-refractivity contribution in [2.24, 2.45) is 40.5 Å². The Labute approximate surface area is 465 Å². The van der Waals surface area contributed by atoms with Gasteiger partial charge in [0.1, 0.15) is 54.4 Å². The van der Waals surface area contributed by atoms with E-state index >= 15 is 0 Å². The molecule has 30 heteroatoms. The number of carbonyl (C=O) groups is 13. The van der Waals surface area contributed by atoms with Crippen molar-refractivity contribution >= 4 is 88.6 Å². The van der Waals surface area contributed by atoms with E-state index in [-0.39, 0.29) is 45.2 Å². The van der Waals surface area contributed by atoms with Crippen LogP contribution in [0.4, 0.5) is 0 Å². The smallest absolute Gasteiger partial charge is 0.246 e. The van der Waals surface area contributed by atoms with E-state index in [0.717, 1.165) is 11.8 Å². The predicted octanol–water partition coefficient (Wildman–Crippen LogP) is -5.68. The van der Waals surface area contributed by atoms with Gasteiger partial charge in [0.05, 0.1) is 19.1 Å². The van der Waals surface area contributed by atoms with Crippen LogP contribution in [-0.2, 0) is 62.3 Å². The second kappa shape index (κ2) is 36.5. The number of nitrogens with zero attached hydrogens (tertiary/aromatic N) is 1. The molecule has 0 aromatic rings. The third-order valence-electron chi connectivity index (χ3n) is 12.7. The first kappa shape index (κ1) is 70.4. The number of aliphatic hydroxyl groups is 1. The van der Waals surface area contributed by atoms with Gasteiger partial charge in [-0.05, 0) is 108 Å². The maximum Gasteiger partial charge on any atom is 0.246 e. The molecule has 1 aliphatic rings. The molecule has 0 bridgehead atoms. The molecule has 0 aliphatic carbocycles. The maximum absolute atomic E-state index is 14.3. The van der Waals surface area contributed by atoms with Gasteiger partial charge in [-0.25, -0.2) is 0 Å². The van der Waals surface area contributed by atoms with E-state index in [1.165, 1.54) is 18.7 Å². The Morgan fingerprint density at radius 1 is 0.570 bits per heavy atom. The lowest BCUT2D eigenvalue weighted by Crippen LogP contribution is -2.62. The average Bonchev–Trinajstić information content (AvgIpc) is 3.88. The molecular weight excluding hydrogens is 1050 g/mol. The number of carbonyl (C=O) groups excluding carboxylic acids is 13. The second-order valence-electron chi connectivity index (χ2n) is 20.1. The van der Waals surface area contributed by atoms with Crippen LogP contribution in [0.2, 0.25) is 0 Å². The largest absolute Gasteiger partial charge is 0.391 e. The highest BCUT2D eigenvalue weighted by Crippen LogP contribution is 2.21. The van der Waals surface area contributed by atoms with E-state index < -0.39 is 168 Å². The normalized spacial score (nSPS) is 16.5. The minimum Gasteiger partial charge on any atom is -0.391 e. The number of aliphatic hydroxyl groups excluding tert-OH is 1. The summed E-state index contributed by atoms with van der Waals surface area (Å²) in [6.45, 7) is 8.79. The van der Waals surface area contributed by atoms with Crippen LogP contribution < -0.4 is 76.5 Å². The summed E-state index contributed by atoms with van der Waals surface area (Å²) in [5.41, 5.74) is 27.5. The van der Waals surface area contributed by atoms with Gasteiger partial charge >= 0.3 is 0 Å². The highest BCUT2D eigenvalue weighted by Gasteiger charge is 2.42. The molecule has 1 aliphatic heterocycles. The summed E-state index contributed by atoms with van der Waals surface area (Å²) in [5.74, 6) is -11.7. The SMILES string of the molecule is CSCC[C@H](NC(C)=O)C(=O)NCC(=O)N[C@@H](CCCCN)C(=O)N[C@H](C(=O)N[C@H](C(=O)N[C@@H](CC(N)=O)C(=O)N1CCC[C@H]1C(=O)N[C@H](C(=O)N[C@@H](CCC(N)=O)C(=O)N[C@@H](CCCCN)C(N)=O)[C@@H](C)O)C(C)C)C(C)C. The fourth-order valence-electron chi connectivity index (χ4n) is 8.30. The number of rotatable bonds is 38. The number of likely N-dealkylation sites (tertiary alicyclic amines) is 1. The highest BCUT2D eigenvalue weighted by molar-refractivity contribution is 7.98. The zero-order chi connectivity index (χ0) is 60.1. The van der Waals surface area contributed by atoms with E-state index in [0.29, 0.717) is 44.4 Å². The zero-order valence-corrected chi connectivity index (χ0v) is 47.3. The van der Waals surface area contributed by atoms with Crippen LogP contribution in [0.3, 0.4) is 0 Å². The Bertz CT molecular complexity index is 2120. The Balaban J connectivity index is 3.32. The van der Waals surface area contributed by atoms with Gasteiger partial charge in [0.25, 0.3) is 0 Å². The van der Waals surface area contributed by atoms with Gasteiger partial charge in [0.2, 0.25) is 76.8 Å². The first-order chi connectivity index (χ1) is 37.1. The van der Waals surface area contributed by atoms with Crippen LogP contribution in [0.5, 0.6) is 0 Å². The Hall–Kier alpha value is -6.66. The fraction of sp³-hybridized carbons (Fsp3) is 0.735. The van der Waals surface area contributed by atoms with E-state index in [1.54, 1.807) is 27.7 Å². The molecule has 29 nitrogen and oxygen atoms in total. The average molecular weight is 1140 g/mol. The van der Waals surface area contributed by atoms with Gasteiger partial charge in [-0.2, -0.15) is 11.8 Å². The molecule has 0 spiro atoms. The van der Waals surface area contributed by atoms with Crippen LogP contribution in [0, 0.1) is 11.8 Å². The molecular formula is C49H87N15O14S. The number of nitrogens with two attached hydrogens (primary N) is 5. The number of amides is 13. The minimum absolute atomic E-state index is 0.0191. The van der Waals surface area contributed by atoms with Crippen LogP contribution in [-0.4, -0.2) is 185 Å². The van der Waals surface area contributed by atoms with Crippen LogP contribution in [0.25, 0.3) is 0 Å². The zero-order valence-electron chi connectivity index (χ0n) is 46.4. The van der Waals surface area contributed by atoms with Gasteiger partial charge in [0, 0.05) is 19.9 Å². The molecule has 1 heterocycles. The number of nitrogens with one attached hydrogen (secondary N) is 9. The molecule has 20 N–H and O–H groups in total. The highest BCUT2D eigenvalue weighted by atomic mass is 32.2. The van der Waals surface area contributed by atoms with Gasteiger partial charge in [-0.1, -0.05) is 27.7 Å². The molecule has 0 unspecified atom stereocenters. The summed E-state index contributed by atoms with van der Waals surface area (Å²) < 4.78 is 0. The van der Waals surface area contributed by atoms with Gasteiger partial charge in [0.15, 0.2) is 0 Å².